The van der Waals surface area contributed by atoms with Crippen LogP contribution in [-0.4, -0.2) is 31.8 Å². The Morgan fingerprint density at radius 1 is 1.40 bits per heavy atom. The van der Waals surface area contributed by atoms with Crippen molar-refractivity contribution in [3.63, 3.8) is 0 Å². The minimum absolute atomic E-state index is 0.0551. The van der Waals surface area contributed by atoms with Crippen molar-refractivity contribution < 1.29 is 14.3 Å². The van der Waals surface area contributed by atoms with Crippen LogP contribution in [0.5, 0.6) is 5.75 Å². The number of benzene rings is 1. The molecule has 4 heteroatoms. The zero-order chi connectivity index (χ0) is 14.4. The summed E-state index contributed by atoms with van der Waals surface area (Å²) in [5.41, 5.74) is 2.27. The molecule has 0 bridgehead atoms. The second kappa shape index (κ2) is 7.29. The van der Waals surface area contributed by atoms with Gasteiger partial charge in [-0.05, 0) is 43.4 Å². The first kappa shape index (κ1) is 14.9. The monoisotopic (exact) mass is 277 g/mol. The maximum atomic E-state index is 11.9. The van der Waals surface area contributed by atoms with Crippen LogP contribution in [0, 0.1) is 6.92 Å². The van der Waals surface area contributed by atoms with E-state index in [-0.39, 0.29) is 18.6 Å². The summed E-state index contributed by atoms with van der Waals surface area (Å²) < 4.78 is 10.9. The van der Waals surface area contributed by atoms with Gasteiger partial charge < -0.3 is 14.8 Å². The van der Waals surface area contributed by atoms with E-state index in [2.05, 4.69) is 24.4 Å². The molecule has 1 aromatic rings. The molecule has 0 aromatic heterocycles. The van der Waals surface area contributed by atoms with E-state index in [0.717, 1.165) is 49.4 Å². The maximum Gasteiger partial charge on any atom is 0.258 e. The minimum Gasteiger partial charge on any atom is -0.483 e. The number of carbonyl (C=O) groups excluding carboxylic acids is 1. The lowest BCUT2D eigenvalue weighted by Gasteiger charge is -2.23. The smallest absolute Gasteiger partial charge is 0.258 e. The highest BCUT2D eigenvalue weighted by Crippen LogP contribution is 2.20. The summed E-state index contributed by atoms with van der Waals surface area (Å²) >= 11 is 0. The van der Waals surface area contributed by atoms with Crippen molar-refractivity contribution in [2.24, 2.45) is 0 Å². The fourth-order valence-corrected chi connectivity index (χ4v) is 2.34. The molecule has 20 heavy (non-hydrogen) atoms. The normalized spacial score (nSPS) is 15.9. The molecule has 0 atom stereocenters. The van der Waals surface area contributed by atoms with Gasteiger partial charge in [-0.2, -0.15) is 0 Å². The van der Waals surface area contributed by atoms with Crippen molar-refractivity contribution in [3.8, 4) is 5.75 Å². The van der Waals surface area contributed by atoms with Gasteiger partial charge in [0.25, 0.3) is 5.91 Å². The summed E-state index contributed by atoms with van der Waals surface area (Å²) in [7, 11) is 0. The lowest BCUT2D eigenvalue weighted by atomic mass is 10.1. The molecule has 0 spiro atoms. The van der Waals surface area contributed by atoms with Crippen LogP contribution in [0.1, 0.15) is 30.9 Å². The first-order valence-corrected chi connectivity index (χ1v) is 7.28. The topological polar surface area (TPSA) is 47.6 Å². The first-order chi connectivity index (χ1) is 9.69. The SMILES string of the molecule is CCc1ccc(C)cc1OCC(=O)NC1CCOCC1. The summed E-state index contributed by atoms with van der Waals surface area (Å²) in [5.74, 6) is 0.759. The number of ether oxygens (including phenoxy) is 2. The molecule has 1 amide bonds. The molecule has 2 rings (SSSR count). The number of aryl methyl sites for hydroxylation is 2. The lowest BCUT2D eigenvalue weighted by molar-refractivity contribution is -0.124. The second-order valence-corrected chi connectivity index (χ2v) is 5.21. The first-order valence-electron chi connectivity index (χ1n) is 7.28. The molecule has 0 saturated carbocycles. The van der Waals surface area contributed by atoms with Crippen LogP contribution in [0.15, 0.2) is 18.2 Å². The molecule has 0 aliphatic carbocycles. The van der Waals surface area contributed by atoms with E-state index in [1.807, 2.05) is 13.0 Å². The van der Waals surface area contributed by atoms with E-state index in [4.69, 9.17) is 9.47 Å². The van der Waals surface area contributed by atoms with Crippen LogP contribution in [0.25, 0.3) is 0 Å². The van der Waals surface area contributed by atoms with Gasteiger partial charge in [-0.25, -0.2) is 0 Å². The molecular weight excluding hydrogens is 254 g/mol. The molecule has 0 unspecified atom stereocenters. The average molecular weight is 277 g/mol. The number of nitrogens with one attached hydrogen (secondary N) is 1. The zero-order valence-electron chi connectivity index (χ0n) is 12.3. The minimum atomic E-state index is -0.0551. The van der Waals surface area contributed by atoms with Crippen molar-refractivity contribution in [2.75, 3.05) is 19.8 Å². The van der Waals surface area contributed by atoms with Crippen molar-refractivity contribution in [2.45, 2.75) is 39.2 Å². The Labute approximate surface area is 120 Å². The zero-order valence-corrected chi connectivity index (χ0v) is 12.3. The van der Waals surface area contributed by atoms with Gasteiger partial charge in [-0.3, -0.25) is 4.79 Å². The van der Waals surface area contributed by atoms with Gasteiger partial charge in [0, 0.05) is 19.3 Å². The quantitative estimate of drug-likeness (QED) is 0.898. The third kappa shape index (κ3) is 4.23. The lowest BCUT2D eigenvalue weighted by Crippen LogP contribution is -2.41. The highest BCUT2D eigenvalue weighted by Gasteiger charge is 2.16. The Kier molecular flexibility index (Phi) is 5.41. The molecule has 1 saturated heterocycles. The molecular formula is C16H23NO3. The molecule has 1 fully saturated rings. The fourth-order valence-electron chi connectivity index (χ4n) is 2.34. The van der Waals surface area contributed by atoms with Gasteiger partial charge in [0.1, 0.15) is 5.75 Å². The predicted molar refractivity (Wildman–Crippen MR) is 78.0 cm³/mol. The summed E-state index contributed by atoms with van der Waals surface area (Å²) in [5, 5.41) is 3.00. The Balaban J connectivity index is 1.84. The van der Waals surface area contributed by atoms with Gasteiger partial charge in [0.15, 0.2) is 6.61 Å². The van der Waals surface area contributed by atoms with Crippen molar-refractivity contribution in [3.05, 3.63) is 29.3 Å². The molecule has 1 aliphatic rings. The van der Waals surface area contributed by atoms with Gasteiger partial charge in [0.05, 0.1) is 0 Å². The number of hydrogen-bond donors (Lipinski definition) is 1. The number of hydrogen-bond acceptors (Lipinski definition) is 3. The highest BCUT2D eigenvalue weighted by molar-refractivity contribution is 5.77. The molecule has 110 valence electrons. The van der Waals surface area contributed by atoms with Crippen LogP contribution >= 0.6 is 0 Å². The molecule has 1 aromatic carbocycles. The summed E-state index contributed by atoms with van der Waals surface area (Å²) in [6, 6.07) is 6.33. The molecule has 1 N–H and O–H groups in total. The van der Waals surface area contributed by atoms with Crippen molar-refractivity contribution >= 4 is 5.91 Å². The third-order valence-corrected chi connectivity index (χ3v) is 3.55. The molecule has 4 nitrogen and oxygen atoms in total. The standard InChI is InChI=1S/C16H23NO3/c1-3-13-5-4-12(2)10-15(13)20-11-16(18)17-14-6-8-19-9-7-14/h4-5,10,14H,3,6-9,11H2,1-2H3,(H,17,18). The molecule has 0 radical (unpaired) electrons. The Morgan fingerprint density at radius 3 is 2.85 bits per heavy atom. The van der Waals surface area contributed by atoms with Crippen LogP contribution in [0.4, 0.5) is 0 Å². The van der Waals surface area contributed by atoms with Gasteiger partial charge in [-0.1, -0.05) is 19.1 Å². The van der Waals surface area contributed by atoms with E-state index in [1.165, 1.54) is 0 Å². The largest absolute Gasteiger partial charge is 0.483 e. The average Bonchev–Trinajstić information content (AvgIpc) is 2.46. The third-order valence-electron chi connectivity index (χ3n) is 3.55. The molecule has 1 aliphatic heterocycles. The highest BCUT2D eigenvalue weighted by atomic mass is 16.5. The van der Waals surface area contributed by atoms with Crippen LogP contribution < -0.4 is 10.1 Å². The van der Waals surface area contributed by atoms with Crippen LogP contribution in [0.3, 0.4) is 0 Å². The van der Waals surface area contributed by atoms with Gasteiger partial charge in [-0.15, -0.1) is 0 Å². The molecule has 1 heterocycles. The van der Waals surface area contributed by atoms with Gasteiger partial charge in [0.2, 0.25) is 0 Å². The summed E-state index contributed by atoms with van der Waals surface area (Å²) in [6.07, 6.45) is 2.67. The summed E-state index contributed by atoms with van der Waals surface area (Å²) in [6.45, 7) is 5.63. The van der Waals surface area contributed by atoms with E-state index in [0.29, 0.717) is 0 Å². The Hall–Kier alpha value is -1.55. The Bertz CT molecular complexity index is 453. The van der Waals surface area contributed by atoms with Crippen molar-refractivity contribution in [1.29, 1.82) is 0 Å². The number of amides is 1. The van der Waals surface area contributed by atoms with Crippen molar-refractivity contribution in [1.82, 2.24) is 5.32 Å². The maximum absolute atomic E-state index is 11.9. The van der Waals surface area contributed by atoms with Crippen LogP contribution in [0.2, 0.25) is 0 Å². The Morgan fingerprint density at radius 2 is 2.15 bits per heavy atom. The fraction of sp³-hybridized carbons (Fsp3) is 0.562. The second-order valence-electron chi connectivity index (χ2n) is 5.21. The van der Waals surface area contributed by atoms with E-state index >= 15 is 0 Å². The van der Waals surface area contributed by atoms with E-state index < -0.39 is 0 Å². The summed E-state index contributed by atoms with van der Waals surface area (Å²) in [4.78, 5) is 11.9. The van der Waals surface area contributed by atoms with Crippen LogP contribution in [-0.2, 0) is 16.0 Å². The van der Waals surface area contributed by atoms with E-state index in [9.17, 15) is 4.79 Å². The van der Waals surface area contributed by atoms with E-state index in [1.54, 1.807) is 0 Å². The number of carbonyl (C=O) groups is 1. The van der Waals surface area contributed by atoms with Gasteiger partial charge >= 0.3 is 0 Å². The number of rotatable bonds is 5. The predicted octanol–water partition coefficient (Wildman–Crippen LogP) is 2.23.